The SMILES string of the molecule is CCCC(O)C(CO)CCCl. The Morgan fingerprint density at radius 2 is 2.00 bits per heavy atom. The summed E-state index contributed by atoms with van der Waals surface area (Å²) < 4.78 is 0. The summed E-state index contributed by atoms with van der Waals surface area (Å²) in [4.78, 5) is 0. The molecule has 2 nitrogen and oxygen atoms in total. The van der Waals surface area contributed by atoms with Crippen molar-refractivity contribution in [3.63, 3.8) is 0 Å². The summed E-state index contributed by atoms with van der Waals surface area (Å²) in [6, 6.07) is 0. The van der Waals surface area contributed by atoms with Crippen LogP contribution in [0.1, 0.15) is 26.2 Å². The van der Waals surface area contributed by atoms with Crippen LogP contribution in [0.2, 0.25) is 0 Å². The number of rotatable bonds is 6. The molecule has 0 amide bonds. The molecular weight excluding hydrogens is 164 g/mol. The lowest BCUT2D eigenvalue weighted by Crippen LogP contribution is -2.23. The van der Waals surface area contributed by atoms with E-state index in [-0.39, 0.29) is 18.6 Å². The Labute approximate surface area is 73.2 Å². The van der Waals surface area contributed by atoms with Crippen molar-refractivity contribution in [2.45, 2.75) is 32.3 Å². The van der Waals surface area contributed by atoms with E-state index >= 15 is 0 Å². The standard InChI is InChI=1S/C8H17ClO2/c1-2-3-8(11)7(6-10)4-5-9/h7-8,10-11H,2-6H2,1H3. The third kappa shape index (κ3) is 4.62. The molecule has 0 aliphatic heterocycles. The van der Waals surface area contributed by atoms with Gasteiger partial charge in [-0.2, -0.15) is 0 Å². The van der Waals surface area contributed by atoms with Crippen molar-refractivity contribution < 1.29 is 10.2 Å². The van der Waals surface area contributed by atoms with E-state index in [0.29, 0.717) is 12.3 Å². The predicted octanol–water partition coefficient (Wildman–Crippen LogP) is 1.38. The van der Waals surface area contributed by atoms with Gasteiger partial charge in [-0.05, 0) is 12.8 Å². The number of aliphatic hydroxyl groups is 2. The minimum atomic E-state index is -0.385. The number of halogens is 1. The van der Waals surface area contributed by atoms with E-state index < -0.39 is 0 Å². The molecule has 0 aliphatic carbocycles. The van der Waals surface area contributed by atoms with E-state index in [4.69, 9.17) is 16.7 Å². The molecule has 2 N–H and O–H groups in total. The number of hydrogen-bond donors (Lipinski definition) is 2. The van der Waals surface area contributed by atoms with Crippen molar-refractivity contribution in [3.8, 4) is 0 Å². The maximum Gasteiger partial charge on any atom is 0.0590 e. The highest BCUT2D eigenvalue weighted by molar-refractivity contribution is 6.17. The lowest BCUT2D eigenvalue weighted by Gasteiger charge is -2.18. The van der Waals surface area contributed by atoms with Gasteiger partial charge in [-0.3, -0.25) is 0 Å². The Hall–Kier alpha value is 0.210. The third-order valence-corrected chi connectivity index (χ3v) is 2.06. The van der Waals surface area contributed by atoms with Crippen LogP contribution >= 0.6 is 11.6 Å². The zero-order valence-corrected chi connectivity index (χ0v) is 7.72. The zero-order chi connectivity index (χ0) is 8.69. The van der Waals surface area contributed by atoms with Gasteiger partial charge in [0.15, 0.2) is 0 Å². The van der Waals surface area contributed by atoms with Crippen LogP contribution in [-0.2, 0) is 0 Å². The second-order valence-corrected chi connectivity index (χ2v) is 3.15. The Bertz CT molecular complexity index is 88.2. The summed E-state index contributed by atoms with van der Waals surface area (Å²) in [5, 5.41) is 18.3. The van der Waals surface area contributed by atoms with Crippen molar-refractivity contribution in [2.24, 2.45) is 5.92 Å². The minimum absolute atomic E-state index is 0.0348. The highest BCUT2D eigenvalue weighted by Gasteiger charge is 2.16. The van der Waals surface area contributed by atoms with E-state index in [9.17, 15) is 5.11 Å². The molecule has 0 fully saturated rings. The summed E-state index contributed by atoms with van der Waals surface area (Å²) in [5.41, 5.74) is 0. The molecule has 2 atom stereocenters. The second kappa shape index (κ2) is 6.89. The van der Waals surface area contributed by atoms with Crippen LogP contribution in [0.15, 0.2) is 0 Å². The van der Waals surface area contributed by atoms with Gasteiger partial charge >= 0.3 is 0 Å². The van der Waals surface area contributed by atoms with E-state index in [1.807, 2.05) is 6.92 Å². The van der Waals surface area contributed by atoms with E-state index in [0.717, 1.165) is 12.8 Å². The highest BCUT2D eigenvalue weighted by Crippen LogP contribution is 2.13. The van der Waals surface area contributed by atoms with Crippen molar-refractivity contribution in [1.29, 1.82) is 0 Å². The average Bonchev–Trinajstić information content (AvgIpc) is 2.00. The molecule has 0 aromatic carbocycles. The molecule has 0 aromatic rings. The van der Waals surface area contributed by atoms with Crippen LogP contribution in [0.25, 0.3) is 0 Å². The van der Waals surface area contributed by atoms with Gasteiger partial charge in [0.1, 0.15) is 0 Å². The first kappa shape index (κ1) is 11.2. The summed E-state index contributed by atoms with van der Waals surface area (Å²) >= 11 is 5.50. The van der Waals surface area contributed by atoms with Gasteiger partial charge in [0.25, 0.3) is 0 Å². The summed E-state index contributed by atoms with van der Waals surface area (Å²) in [7, 11) is 0. The van der Waals surface area contributed by atoms with Crippen LogP contribution in [0.3, 0.4) is 0 Å². The van der Waals surface area contributed by atoms with Crippen LogP contribution in [0.4, 0.5) is 0 Å². The summed E-state index contributed by atoms with van der Waals surface area (Å²) in [5.74, 6) is 0.471. The van der Waals surface area contributed by atoms with E-state index in [1.165, 1.54) is 0 Å². The average molecular weight is 181 g/mol. The van der Waals surface area contributed by atoms with Crippen molar-refractivity contribution >= 4 is 11.6 Å². The first-order chi connectivity index (χ1) is 5.26. The molecule has 0 heterocycles. The molecule has 0 bridgehead atoms. The fourth-order valence-corrected chi connectivity index (χ4v) is 1.36. The van der Waals surface area contributed by atoms with Crippen molar-refractivity contribution in [2.75, 3.05) is 12.5 Å². The summed E-state index contributed by atoms with van der Waals surface area (Å²) in [6.45, 7) is 2.05. The lowest BCUT2D eigenvalue weighted by molar-refractivity contribution is 0.0588. The van der Waals surface area contributed by atoms with E-state index in [1.54, 1.807) is 0 Å². The number of hydrogen-bond acceptors (Lipinski definition) is 2. The van der Waals surface area contributed by atoms with Gasteiger partial charge in [0.05, 0.1) is 6.10 Å². The Morgan fingerprint density at radius 1 is 1.36 bits per heavy atom. The second-order valence-electron chi connectivity index (χ2n) is 2.78. The normalized spacial score (nSPS) is 16.4. The smallest absolute Gasteiger partial charge is 0.0590 e. The molecule has 3 heteroatoms. The molecule has 0 rings (SSSR count). The monoisotopic (exact) mass is 180 g/mol. The van der Waals surface area contributed by atoms with Gasteiger partial charge < -0.3 is 10.2 Å². The molecule has 68 valence electrons. The number of alkyl halides is 1. The van der Waals surface area contributed by atoms with Crippen LogP contribution in [0.5, 0.6) is 0 Å². The first-order valence-corrected chi connectivity index (χ1v) is 4.64. The minimum Gasteiger partial charge on any atom is -0.396 e. The van der Waals surface area contributed by atoms with E-state index in [2.05, 4.69) is 0 Å². The van der Waals surface area contributed by atoms with Crippen LogP contribution in [-0.4, -0.2) is 28.8 Å². The topological polar surface area (TPSA) is 40.5 Å². The van der Waals surface area contributed by atoms with Gasteiger partial charge in [-0.1, -0.05) is 13.3 Å². The Kier molecular flexibility index (Phi) is 7.02. The predicted molar refractivity (Wildman–Crippen MR) is 46.8 cm³/mol. The van der Waals surface area contributed by atoms with Crippen LogP contribution in [0, 0.1) is 5.92 Å². The Morgan fingerprint density at radius 3 is 2.36 bits per heavy atom. The maximum atomic E-state index is 9.42. The van der Waals surface area contributed by atoms with Gasteiger partial charge in [0.2, 0.25) is 0 Å². The molecule has 0 radical (unpaired) electrons. The molecule has 0 aromatic heterocycles. The Balaban J connectivity index is 3.61. The van der Waals surface area contributed by atoms with Crippen LogP contribution < -0.4 is 0 Å². The van der Waals surface area contributed by atoms with Gasteiger partial charge in [-0.25, -0.2) is 0 Å². The quantitative estimate of drug-likeness (QED) is 0.607. The molecule has 0 spiro atoms. The van der Waals surface area contributed by atoms with Gasteiger partial charge in [0, 0.05) is 18.4 Å². The highest BCUT2D eigenvalue weighted by atomic mass is 35.5. The third-order valence-electron chi connectivity index (χ3n) is 1.84. The first-order valence-electron chi connectivity index (χ1n) is 4.11. The van der Waals surface area contributed by atoms with Crippen molar-refractivity contribution in [3.05, 3.63) is 0 Å². The molecule has 0 saturated heterocycles. The largest absolute Gasteiger partial charge is 0.396 e. The maximum absolute atomic E-state index is 9.42. The van der Waals surface area contributed by atoms with Gasteiger partial charge in [-0.15, -0.1) is 11.6 Å². The zero-order valence-electron chi connectivity index (χ0n) is 6.96. The molecule has 0 aliphatic rings. The molecular formula is C8H17ClO2. The number of aliphatic hydroxyl groups excluding tert-OH is 2. The fraction of sp³-hybridized carbons (Fsp3) is 1.00. The molecule has 2 unspecified atom stereocenters. The fourth-order valence-electron chi connectivity index (χ4n) is 1.08. The lowest BCUT2D eigenvalue weighted by atomic mass is 9.97. The molecule has 11 heavy (non-hydrogen) atoms. The van der Waals surface area contributed by atoms with Crippen molar-refractivity contribution in [1.82, 2.24) is 0 Å². The summed E-state index contributed by atoms with van der Waals surface area (Å²) in [6.07, 6.45) is 2.00. The molecule has 0 saturated carbocycles.